The van der Waals surface area contributed by atoms with Gasteiger partial charge in [0, 0.05) is 32.6 Å². The van der Waals surface area contributed by atoms with E-state index < -0.39 is 5.41 Å². The number of methoxy groups -OCH3 is 1. The molecule has 0 unspecified atom stereocenters. The third-order valence-corrected chi connectivity index (χ3v) is 6.51. The van der Waals surface area contributed by atoms with Gasteiger partial charge in [0.25, 0.3) is 0 Å². The van der Waals surface area contributed by atoms with Crippen molar-refractivity contribution in [2.75, 3.05) is 44.4 Å². The molecule has 0 saturated heterocycles. The molecule has 0 atom stereocenters. The van der Waals surface area contributed by atoms with Gasteiger partial charge in [-0.2, -0.15) is 4.98 Å². The summed E-state index contributed by atoms with van der Waals surface area (Å²) >= 11 is 6.34. The van der Waals surface area contributed by atoms with Gasteiger partial charge in [0.2, 0.25) is 17.7 Å². The van der Waals surface area contributed by atoms with Crippen LogP contribution in [0.5, 0.6) is 5.88 Å². The number of nitrogens with zero attached hydrogens (tertiary/aromatic N) is 4. The third kappa shape index (κ3) is 4.59. The Balaban J connectivity index is 1.52. The number of aromatic nitrogens is 3. The van der Waals surface area contributed by atoms with Crippen molar-refractivity contribution in [2.45, 2.75) is 39.2 Å². The Morgan fingerprint density at radius 1 is 1.34 bits per heavy atom. The molecule has 1 aliphatic carbocycles. The maximum atomic E-state index is 12.5. The molecule has 172 valence electrons. The molecular weight excluding hydrogens is 430 g/mol. The highest BCUT2D eigenvalue weighted by atomic mass is 35.5. The molecule has 3 N–H and O–H groups in total. The van der Waals surface area contributed by atoms with Crippen LogP contribution in [0.15, 0.2) is 12.3 Å². The van der Waals surface area contributed by atoms with Gasteiger partial charge in [0.15, 0.2) is 5.82 Å². The number of fused-ring (bicyclic) bond motifs is 1. The fraction of sp³-hybridized carbons (Fsp3) is 0.545. The Morgan fingerprint density at radius 2 is 2.16 bits per heavy atom. The van der Waals surface area contributed by atoms with Crippen molar-refractivity contribution in [3.63, 3.8) is 0 Å². The molecule has 4 rings (SSSR count). The molecule has 10 heteroatoms. The lowest BCUT2D eigenvalue weighted by molar-refractivity contribution is -0.134. The van der Waals surface area contributed by atoms with Crippen molar-refractivity contribution in [3.8, 4) is 5.88 Å². The number of rotatable bonds is 8. The number of carbonyl (C=O) groups is 1. The van der Waals surface area contributed by atoms with Gasteiger partial charge >= 0.3 is 0 Å². The van der Waals surface area contributed by atoms with Crippen LogP contribution < -0.4 is 20.7 Å². The first-order chi connectivity index (χ1) is 15.4. The molecule has 0 radical (unpaired) electrons. The third-order valence-electron chi connectivity index (χ3n) is 6.23. The molecule has 9 nitrogen and oxygen atoms in total. The van der Waals surface area contributed by atoms with E-state index in [0.717, 1.165) is 50.0 Å². The summed E-state index contributed by atoms with van der Waals surface area (Å²) in [6.45, 7) is 4.83. The van der Waals surface area contributed by atoms with Gasteiger partial charge in [0.1, 0.15) is 10.7 Å². The van der Waals surface area contributed by atoms with Crippen molar-refractivity contribution >= 4 is 35.0 Å². The van der Waals surface area contributed by atoms with E-state index in [2.05, 4.69) is 42.8 Å². The fourth-order valence-electron chi connectivity index (χ4n) is 4.20. The molecule has 0 spiro atoms. The van der Waals surface area contributed by atoms with Crippen LogP contribution in [0.25, 0.3) is 0 Å². The summed E-state index contributed by atoms with van der Waals surface area (Å²) in [7, 11) is 3.69. The van der Waals surface area contributed by atoms with Gasteiger partial charge < -0.3 is 25.6 Å². The van der Waals surface area contributed by atoms with Gasteiger partial charge in [-0.25, -0.2) is 9.97 Å². The van der Waals surface area contributed by atoms with E-state index in [0.29, 0.717) is 41.4 Å². The predicted molar refractivity (Wildman–Crippen MR) is 125 cm³/mol. The van der Waals surface area contributed by atoms with E-state index >= 15 is 0 Å². The molecule has 0 aromatic carbocycles. The zero-order valence-corrected chi connectivity index (χ0v) is 19.6. The molecule has 1 aliphatic heterocycles. The maximum absolute atomic E-state index is 12.5. The molecule has 32 heavy (non-hydrogen) atoms. The zero-order valence-electron chi connectivity index (χ0n) is 18.8. The highest BCUT2D eigenvalue weighted by Crippen LogP contribution is 2.41. The van der Waals surface area contributed by atoms with Crippen molar-refractivity contribution in [2.24, 2.45) is 5.41 Å². The number of hydrogen-bond donors (Lipinski definition) is 3. The molecule has 2 aliphatic rings. The van der Waals surface area contributed by atoms with Crippen molar-refractivity contribution < 1.29 is 9.53 Å². The van der Waals surface area contributed by atoms with Gasteiger partial charge in [-0.15, -0.1) is 0 Å². The maximum Gasteiger partial charge on any atom is 0.237 e. The van der Waals surface area contributed by atoms with Crippen LogP contribution >= 0.6 is 11.6 Å². The Kier molecular flexibility index (Phi) is 6.66. The van der Waals surface area contributed by atoms with Gasteiger partial charge in [-0.3, -0.25) is 4.79 Å². The van der Waals surface area contributed by atoms with Crippen LogP contribution in [-0.4, -0.2) is 59.6 Å². The Bertz CT molecular complexity index is 996. The smallest absolute Gasteiger partial charge is 0.237 e. The van der Waals surface area contributed by atoms with E-state index in [1.165, 1.54) is 0 Å². The molecular formula is C22H30ClN7O2. The normalized spacial score (nSPS) is 17.1. The number of ether oxygens (including phenoxy) is 1. The lowest BCUT2D eigenvalue weighted by atomic mass is 9.68. The van der Waals surface area contributed by atoms with E-state index in [4.69, 9.17) is 16.3 Å². The number of nitrogens with one attached hydrogen (secondary N) is 3. The Hall–Kier alpha value is -2.65. The van der Waals surface area contributed by atoms with Gasteiger partial charge in [-0.1, -0.05) is 18.0 Å². The molecule has 2 aromatic rings. The molecule has 1 fully saturated rings. The van der Waals surface area contributed by atoms with Crippen LogP contribution in [-0.2, 0) is 17.8 Å². The Labute approximate surface area is 193 Å². The van der Waals surface area contributed by atoms with Crippen LogP contribution in [0.2, 0.25) is 5.02 Å². The van der Waals surface area contributed by atoms with Gasteiger partial charge in [-0.05, 0) is 38.4 Å². The molecule has 1 saturated carbocycles. The first-order valence-electron chi connectivity index (χ1n) is 11.0. The second kappa shape index (κ2) is 9.46. The standard InChI is InChI=1S/C22H30ClN7O2/c1-4-24-20(31)22(7-5-8-22)13-26-18-15(23)11-25-21(29-18)28-17-10-14-12-30(2)9-6-16(14)27-19(17)32-3/h10-11H,4-9,12-13H2,1-3H3,(H,24,31)(H2,25,26,28,29). The lowest BCUT2D eigenvalue weighted by Gasteiger charge is -2.40. The minimum atomic E-state index is -0.407. The number of hydrogen-bond acceptors (Lipinski definition) is 8. The highest BCUT2D eigenvalue weighted by Gasteiger charge is 2.43. The van der Waals surface area contributed by atoms with Crippen molar-refractivity contribution in [1.82, 2.24) is 25.2 Å². The van der Waals surface area contributed by atoms with Crippen molar-refractivity contribution in [1.29, 1.82) is 0 Å². The summed E-state index contributed by atoms with van der Waals surface area (Å²) < 4.78 is 5.50. The zero-order chi connectivity index (χ0) is 22.7. The van der Waals surface area contributed by atoms with Crippen LogP contribution in [0.1, 0.15) is 37.4 Å². The summed E-state index contributed by atoms with van der Waals surface area (Å²) in [5.74, 6) is 1.45. The number of amides is 1. The SMILES string of the molecule is CCNC(=O)C1(CNc2nc(Nc3cc4c(nc3OC)CCN(C)C4)ncc2Cl)CCC1. The average molecular weight is 460 g/mol. The summed E-state index contributed by atoms with van der Waals surface area (Å²) in [6, 6.07) is 2.04. The van der Waals surface area contributed by atoms with E-state index in [1.54, 1.807) is 13.3 Å². The second-order valence-electron chi connectivity index (χ2n) is 8.50. The van der Waals surface area contributed by atoms with E-state index in [1.807, 2.05) is 13.0 Å². The largest absolute Gasteiger partial charge is 0.480 e. The highest BCUT2D eigenvalue weighted by molar-refractivity contribution is 6.32. The molecule has 2 aromatic heterocycles. The second-order valence-corrected chi connectivity index (χ2v) is 8.91. The van der Waals surface area contributed by atoms with Crippen LogP contribution in [0.3, 0.4) is 0 Å². The monoisotopic (exact) mass is 459 g/mol. The van der Waals surface area contributed by atoms with Crippen LogP contribution in [0.4, 0.5) is 17.5 Å². The Morgan fingerprint density at radius 3 is 2.84 bits per heavy atom. The van der Waals surface area contributed by atoms with E-state index in [-0.39, 0.29) is 5.91 Å². The number of carbonyl (C=O) groups excluding carboxylic acids is 1. The molecule has 0 bridgehead atoms. The first-order valence-corrected chi connectivity index (χ1v) is 11.4. The molecule has 3 heterocycles. The summed E-state index contributed by atoms with van der Waals surface area (Å²) in [5.41, 5.74) is 2.51. The number of halogens is 1. The number of pyridine rings is 1. The fourth-order valence-corrected chi connectivity index (χ4v) is 4.36. The van der Waals surface area contributed by atoms with Crippen molar-refractivity contribution in [3.05, 3.63) is 28.5 Å². The summed E-state index contributed by atoms with van der Waals surface area (Å²) in [4.78, 5) is 28.3. The van der Waals surface area contributed by atoms with E-state index in [9.17, 15) is 4.79 Å². The molecule has 1 amide bonds. The number of anilines is 3. The lowest BCUT2D eigenvalue weighted by Crippen LogP contribution is -2.49. The minimum absolute atomic E-state index is 0.0807. The topological polar surface area (TPSA) is 104 Å². The summed E-state index contributed by atoms with van der Waals surface area (Å²) in [6.07, 6.45) is 5.19. The number of likely N-dealkylation sites (N-methyl/N-ethyl adjacent to an activating group) is 1. The first kappa shape index (κ1) is 22.5. The van der Waals surface area contributed by atoms with Gasteiger partial charge in [0.05, 0.1) is 24.4 Å². The minimum Gasteiger partial charge on any atom is -0.480 e. The average Bonchev–Trinajstić information content (AvgIpc) is 2.74. The summed E-state index contributed by atoms with van der Waals surface area (Å²) in [5, 5.41) is 9.83. The predicted octanol–water partition coefficient (Wildman–Crippen LogP) is 2.98. The quantitative estimate of drug-likeness (QED) is 0.553. The van der Waals surface area contributed by atoms with Crippen LogP contribution in [0, 0.1) is 5.41 Å².